The molecule has 0 aromatic heterocycles. The molecule has 0 spiro atoms. The molecule has 30 heavy (non-hydrogen) atoms. The second-order valence-electron chi connectivity index (χ2n) is 7.96. The first-order chi connectivity index (χ1) is 14.5. The minimum atomic E-state index is -0.219. The molecule has 2 atom stereocenters. The van der Waals surface area contributed by atoms with Crippen LogP contribution in [0.15, 0.2) is 48.5 Å². The number of nitrogens with one attached hydrogen (secondary N) is 1. The highest BCUT2D eigenvalue weighted by atomic mass is 35.5. The van der Waals surface area contributed by atoms with E-state index in [0.717, 1.165) is 30.0 Å². The molecule has 3 rings (SSSR count). The molecule has 0 radical (unpaired) electrons. The van der Waals surface area contributed by atoms with E-state index in [1.54, 1.807) is 7.11 Å². The minimum Gasteiger partial charge on any atom is -0.497 e. The second-order valence-corrected chi connectivity index (χ2v) is 8.39. The fraction of sp³-hybridized carbons (Fsp3) is 0.458. The Morgan fingerprint density at radius 1 is 1.07 bits per heavy atom. The van der Waals surface area contributed by atoms with Crippen LogP contribution in [0.2, 0.25) is 5.02 Å². The Labute approximate surface area is 184 Å². The van der Waals surface area contributed by atoms with Crippen LogP contribution in [-0.4, -0.2) is 50.8 Å². The third kappa shape index (κ3) is 5.75. The van der Waals surface area contributed by atoms with Crippen molar-refractivity contribution in [3.8, 4) is 5.75 Å². The number of carbonyl (C=O) groups is 1. The summed E-state index contributed by atoms with van der Waals surface area (Å²) in [7, 11) is 1.66. The molecule has 1 amide bonds. The van der Waals surface area contributed by atoms with Crippen molar-refractivity contribution in [3.63, 3.8) is 0 Å². The van der Waals surface area contributed by atoms with Crippen LogP contribution in [0, 0.1) is 5.92 Å². The smallest absolute Gasteiger partial charge is 0.227 e. The lowest BCUT2D eigenvalue weighted by molar-refractivity contribution is -0.123. The van der Waals surface area contributed by atoms with Gasteiger partial charge in [-0.05, 0) is 41.3 Å². The maximum atomic E-state index is 13.2. The molecule has 0 saturated carbocycles. The van der Waals surface area contributed by atoms with Crippen molar-refractivity contribution in [2.45, 2.75) is 25.8 Å². The van der Waals surface area contributed by atoms with E-state index in [9.17, 15) is 4.79 Å². The van der Waals surface area contributed by atoms with Gasteiger partial charge in [0.05, 0.1) is 32.3 Å². The molecule has 0 aliphatic carbocycles. The van der Waals surface area contributed by atoms with Gasteiger partial charge in [0.2, 0.25) is 5.91 Å². The molecule has 0 bridgehead atoms. The first kappa shape index (κ1) is 22.6. The molecule has 1 aliphatic heterocycles. The number of ether oxygens (including phenoxy) is 2. The van der Waals surface area contributed by atoms with Crippen molar-refractivity contribution in [1.82, 2.24) is 10.2 Å². The molecular weight excluding hydrogens is 400 g/mol. The number of benzene rings is 2. The minimum absolute atomic E-state index is 0.0408. The van der Waals surface area contributed by atoms with E-state index in [1.165, 1.54) is 0 Å². The van der Waals surface area contributed by atoms with Gasteiger partial charge >= 0.3 is 0 Å². The Hall–Kier alpha value is -2.08. The summed E-state index contributed by atoms with van der Waals surface area (Å²) in [6, 6.07) is 15.7. The van der Waals surface area contributed by atoms with Crippen LogP contribution in [0.4, 0.5) is 0 Å². The number of methoxy groups -OCH3 is 1. The van der Waals surface area contributed by atoms with Gasteiger partial charge in [0.1, 0.15) is 5.75 Å². The highest BCUT2D eigenvalue weighted by Gasteiger charge is 2.27. The van der Waals surface area contributed by atoms with Gasteiger partial charge in [-0.25, -0.2) is 0 Å². The molecule has 162 valence electrons. The van der Waals surface area contributed by atoms with E-state index in [-0.39, 0.29) is 23.8 Å². The number of hydrogen-bond acceptors (Lipinski definition) is 4. The van der Waals surface area contributed by atoms with Crippen LogP contribution in [-0.2, 0) is 9.53 Å². The lowest BCUT2D eigenvalue weighted by Gasteiger charge is -2.35. The Morgan fingerprint density at radius 2 is 1.67 bits per heavy atom. The monoisotopic (exact) mass is 430 g/mol. The molecule has 5 nitrogen and oxygen atoms in total. The number of carbonyl (C=O) groups excluding carboxylic acids is 1. The fourth-order valence-electron chi connectivity index (χ4n) is 3.99. The molecule has 2 aromatic rings. The summed E-state index contributed by atoms with van der Waals surface area (Å²) >= 11 is 6.03. The molecule has 1 heterocycles. The Kier molecular flexibility index (Phi) is 8.14. The summed E-state index contributed by atoms with van der Waals surface area (Å²) in [6.07, 6.45) is 0. The molecule has 1 fully saturated rings. The van der Waals surface area contributed by atoms with Gasteiger partial charge < -0.3 is 14.8 Å². The molecule has 0 unspecified atom stereocenters. The Morgan fingerprint density at radius 3 is 2.23 bits per heavy atom. The van der Waals surface area contributed by atoms with Crippen molar-refractivity contribution in [3.05, 3.63) is 64.7 Å². The summed E-state index contributed by atoms with van der Waals surface area (Å²) in [4.78, 5) is 15.6. The standard InChI is InChI=1S/C24H31ClN2O3/c1-17(2)23(19-4-8-20(25)9-5-19)24(28)26-16-22(27-12-14-30-15-13-27)18-6-10-21(29-3)11-7-18/h4-11,17,22-23H,12-16H2,1-3H3,(H,26,28)/t22-,23+/m0/s1. The summed E-state index contributed by atoms with van der Waals surface area (Å²) < 4.78 is 10.8. The van der Waals surface area contributed by atoms with E-state index >= 15 is 0 Å². The summed E-state index contributed by atoms with van der Waals surface area (Å²) in [5.41, 5.74) is 2.14. The third-order valence-corrected chi connectivity index (χ3v) is 5.89. The van der Waals surface area contributed by atoms with Crippen LogP contribution < -0.4 is 10.1 Å². The topological polar surface area (TPSA) is 50.8 Å². The van der Waals surface area contributed by atoms with Crippen LogP contribution in [0.1, 0.15) is 36.9 Å². The third-order valence-electron chi connectivity index (χ3n) is 5.63. The van der Waals surface area contributed by atoms with Crippen LogP contribution in [0.5, 0.6) is 5.75 Å². The molecule has 6 heteroatoms. The largest absolute Gasteiger partial charge is 0.497 e. The molecular formula is C24H31ClN2O3. The Bertz CT molecular complexity index is 802. The van der Waals surface area contributed by atoms with Gasteiger partial charge in [-0.1, -0.05) is 49.7 Å². The fourth-order valence-corrected chi connectivity index (χ4v) is 4.12. The lowest BCUT2D eigenvalue weighted by Crippen LogP contribution is -2.44. The van der Waals surface area contributed by atoms with Gasteiger partial charge in [-0.3, -0.25) is 9.69 Å². The lowest BCUT2D eigenvalue weighted by atomic mass is 9.87. The summed E-state index contributed by atoms with van der Waals surface area (Å²) in [5, 5.41) is 3.89. The van der Waals surface area contributed by atoms with E-state index in [1.807, 2.05) is 36.4 Å². The maximum absolute atomic E-state index is 13.2. The van der Waals surface area contributed by atoms with Gasteiger partial charge in [0, 0.05) is 24.7 Å². The van der Waals surface area contributed by atoms with Crippen molar-refractivity contribution >= 4 is 17.5 Å². The van der Waals surface area contributed by atoms with E-state index in [4.69, 9.17) is 21.1 Å². The number of morpholine rings is 1. The van der Waals surface area contributed by atoms with E-state index < -0.39 is 0 Å². The zero-order valence-corrected chi connectivity index (χ0v) is 18.7. The SMILES string of the molecule is COc1ccc([C@H](CNC(=O)[C@@H](c2ccc(Cl)cc2)C(C)C)N2CCOCC2)cc1. The van der Waals surface area contributed by atoms with Crippen LogP contribution >= 0.6 is 11.6 Å². The van der Waals surface area contributed by atoms with Gasteiger partial charge in [0.25, 0.3) is 0 Å². The molecule has 1 N–H and O–H groups in total. The molecule has 1 aliphatic rings. The first-order valence-corrected chi connectivity index (χ1v) is 10.9. The van der Waals surface area contributed by atoms with Crippen LogP contribution in [0.25, 0.3) is 0 Å². The number of rotatable bonds is 8. The van der Waals surface area contributed by atoms with Crippen molar-refractivity contribution in [2.24, 2.45) is 5.92 Å². The van der Waals surface area contributed by atoms with Crippen molar-refractivity contribution < 1.29 is 14.3 Å². The zero-order chi connectivity index (χ0) is 21.5. The average molecular weight is 431 g/mol. The number of amides is 1. The van der Waals surface area contributed by atoms with Gasteiger partial charge in [-0.15, -0.1) is 0 Å². The predicted octanol–water partition coefficient (Wildman–Crippen LogP) is 4.28. The summed E-state index contributed by atoms with van der Waals surface area (Å²) in [5.74, 6) is 0.822. The average Bonchev–Trinajstić information content (AvgIpc) is 2.76. The second kappa shape index (κ2) is 10.8. The predicted molar refractivity (Wildman–Crippen MR) is 120 cm³/mol. The van der Waals surface area contributed by atoms with Crippen LogP contribution in [0.3, 0.4) is 0 Å². The number of nitrogens with zero attached hydrogens (tertiary/aromatic N) is 1. The molecule has 1 saturated heterocycles. The normalized spacial score (nSPS) is 16.8. The number of hydrogen-bond donors (Lipinski definition) is 1. The zero-order valence-electron chi connectivity index (χ0n) is 17.9. The highest BCUT2D eigenvalue weighted by molar-refractivity contribution is 6.30. The summed E-state index contributed by atoms with van der Waals surface area (Å²) in [6.45, 7) is 7.79. The number of halogens is 1. The van der Waals surface area contributed by atoms with Crippen molar-refractivity contribution in [1.29, 1.82) is 0 Å². The molecule has 2 aromatic carbocycles. The Balaban J connectivity index is 1.75. The van der Waals surface area contributed by atoms with E-state index in [0.29, 0.717) is 24.8 Å². The van der Waals surface area contributed by atoms with E-state index in [2.05, 4.69) is 36.2 Å². The first-order valence-electron chi connectivity index (χ1n) is 10.5. The van der Waals surface area contributed by atoms with Gasteiger partial charge in [-0.2, -0.15) is 0 Å². The van der Waals surface area contributed by atoms with Gasteiger partial charge in [0.15, 0.2) is 0 Å². The highest BCUT2D eigenvalue weighted by Crippen LogP contribution is 2.27. The maximum Gasteiger partial charge on any atom is 0.227 e. The van der Waals surface area contributed by atoms with Crippen molar-refractivity contribution in [2.75, 3.05) is 40.0 Å². The quantitative estimate of drug-likeness (QED) is 0.679.